The highest BCUT2D eigenvalue weighted by Gasteiger charge is 2.23. The Kier molecular flexibility index (Phi) is 8.35. The van der Waals surface area contributed by atoms with Gasteiger partial charge in [0.2, 0.25) is 0 Å². The maximum Gasteiger partial charge on any atom is 0.116 e. The molecule has 0 saturated carbocycles. The predicted molar refractivity (Wildman–Crippen MR) is 93.0 cm³/mol. The first-order valence-corrected chi connectivity index (χ1v) is 7.42. The lowest BCUT2D eigenvalue weighted by atomic mass is 9.93. The summed E-state index contributed by atoms with van der Waals surface area (Å²) in [5.41, 5.74) is 23.5. The molecule has 0 spiro atoms. The van der Waals surface area contributed by atoms with Crippen molar-refractivity contribution in [1.82, 2.24) is 5.32 Å². The summed E-state index contributed by atoms with van der Waals surface area (Å²) in [5, 5.41) is 3.03. The fourth-order valence-electron chi connectivity index (χ4n) is 1.92. The fourth-order valence-corrected chi connectivity index (χ4v) is 1.92. The highest BCUT2D eigenvalue weighted by atomic mass is 15.0. The molecule has 22 heavy (non-hydrogen) atoms. The molecule has 0 heterocycles. The Bertz CT molecular complexity index is 453. The Balaban J connectivity index is 0.000000295. The average Bonchev–Trinajstić information content (AvgIpc) is 2.58. The van der Waals surface area contributed by atoms with Crippen LogP contribution in [0.1, 0.15) is 11.1 Å². The second-order valence-corrected chi connectivity index (χ2v) is 4.93. The molecular formula is C17H27N5. The average molecular weight is 301 g/mol. The molecular weight excluding hydrogens is 274 g/mol. The van der Waals surface area contributed by atoms with Crippen LogP contribution in [0.15, 0.2) is 60.7 Å². The first kappa shape index (κ1) is 18.3. The van der Waals surface area contributed by atoms with Crippen molar-refractivity contribution in [3.05, 3.63) is 71.8 Å². The molecule has 2 aromatic rings. The molecule has 0 aliphatic heterocycles. The SMILES string of the molecule is NC(N)(c1ccccc1)c1ccccc1.NCCNCCN. The van der Waals surface area contributed by atoms with E-state index in [0.717, 1.165) is 24.2 Å². The highest BCUT2D eigenvalue weighted by molar-refractivity contribution is 5.35. The van der Waals surface area contributed by atoms with Crippen molar-refractivity contribution in [3.8, 4) is 0 Å². The molecule has 5 nitrogen and oxygen atoms in total. The van der Waals surface area contributed by atoms with E-state index in [9.17, 15) is 0 Å². The number of nitrogens with two attached hydrogens (primary N) is 4. The smallest absolute Gasteiger partial charge is 0.116 e. The summed E-state index contributed by atoms with van der Waals surface area (Å²) in [7, 11) is 0. The second kappa shape index (κ2) is 10.0. The molecule has 0 atom stereocenters. The van der Waals surface area contributed by atoms with E-state index in [1.807, 2.05) is 60.7 Å². The zero-order chi connectivity index (χ0) is 16.3. The minimum absolute atomic E-state index is 0.694. The number of hydrogen-bond acceptors (Lipinski definition) is 5. The van der Waals surface area contributed by atoms with Crippen molar-refractivity contribution in [2.45, 2.75) is 5.66 Å². The highest BCUT2D eigenvalue weighted by Crippen LogP contribution is 2.20. The predicted octanol–water partition coefficient (Wildman–Crippen LogP) is 0.299. The summed E-state index contributed by atoms with van der Waals surface area (Å²) < 4.78 is 0. The van der Waals surface area contributed by atoms with E-state index in [1.165, 1.54) is 0 Å². The summed E-state index contributed by atoms with van der Waals surface area (Å²) >= 11 is 0. The number of benzene rings is 2. The lowest BCUT2D eigenvalue weighted by molar-refractivity contribution is 0.567. The van der Waals surface area contributed by atoms with E-state index in [4.69, 9.17) is 22.9 Å². The van der Waals surface area contributed by atoms with Gasteiger partial charge in [0.25, 0.3) is 0 Å². The van der Waals surface area contributed by atoms with Gasteiger partial charge in [-0.25, -0.2) is 0 Å². The molecule has 0 amide bonds. The van der Waals surface area contributed by atoms with Crippen molar-refractivity contribution >= 4 is 0 Å². The van der Waals surface area contributed by atoms with Gasteiger partial charge < -0.3 is 28.3 Å². The van der Waals surface area contributed by atoms with E-state index in [-0.39, 0.29) is 0 Å². The van der Waals surface area contributed by atoms with Crippen molar-refractivity contribution < 1.29 is 0 Å². The summed E-state index contributed by atoms with van der Waals surface area (Å²) in [6.45, 7) is 3.13. The Morgan fingerprint density at radius 2 is 1.05 bits per heavy atom. The molecule has 0 bridgehead atoms. The van der Waals surface area contributed by atoms with Crippen LogP contribution in [0.5, 0.6) is 0 Å². The normalized spacial score (nSPS) is 10.7. The third-order valence-corrected chi connectivity index (χ3v) is 3.15. The Morgan fingerprint density at radius 1 is 0.682 bits per heavy atom. The van der Waals surface area contributed by atoms with Crippen LogP contribution in [0.4, 0.5) is 0 Å². The Morgan fingerprint density at radius 3 is 1.36 bits per heavy atom. The van der Waals surface area contributed by atoms with E-state index >= 15 is 0 Å². The largest absolute Gasteiger partial charge is 0.329 e. The molecule has 0 aromatic heterocycles. The summed E-state index contributed by atoms with van der Waals surface area (Å²) in [6.07, 6.45) is 0. The van der Waals surface area contributed by atoms with Crippen LogP contribution < -0.4 is 28.3 Å². The van der Waals surface area contributed by atoms with Gasteiger partial charge in [-0.3, -0.25) is 0 Å². The quantitative estimate of drug-likeness (QED) is 0.389. The van der Waals surface area contributed by atoms with Crippen LogP contribution in [0, 0.1) is 0 Å². The standard InChI is InChI=1S/C13H14N2.C4H13N3/c14-13(15,11-7-3-1-4-8-11)12-9-5-2-6-10-12;5-1-3-7-4-2-6/h1-10H,14-15H2;7H,1-6H2. The van der Waals surface area contributed by atoms with Gasteiger partial charge in [0.05, 0.1) is 0 Å². The third kappa shape index (κ3) is 5.93. The molecule has 120 valence electrons. The molecule has 2 rings (SSSR count). The maximum atomic E-state index is 6.14. The van der Waals surface area contributed by atoms with Crippen LogP contribution >= 0.6 is 0 Å². The molecule has 0 saturated heterocycles. The van der Waals surface area contributed by atoms with Crippen LogP contribution in [0.2, 0.25) is 0 Å². The van der Waals surface area contributed by atoms with Crippen LogP contribution in [-0.4, -0.2) is 26.2 Å². The first-order valence-electron chi connectivity index (χ1n) is 7.42. The summed E-state index contributed by atoms with van der Waals surface area (Å²) in [4.78, 5) is 0. The maximum absolute atomic E-state index is 6.14. The molecule has 9 N–H and O–H groups in total. The van der Waals surface area contributed by atoms with Crippen molar-refractivity contribution in [3.63, 3.8) is 0 Å². The zero-order valence-corrected chi connectivity index (χ0v) is 12.9. The first-order chi connectivity index (χ1) is 10.6. The van der Waals surface area contributed by atoms with E-state index in [2.05, 4.69) is 5.32 Å². The van der Waals surface area contributed by atoms with Gasteiger partial charge in [0.15, 0.2) is 0 Å². The van der Waals surface area contributed by atoms with Gasteiger partial charge in [-0.15, -0.1) is 0 Å². The Hall–Kier alpha value is -1.76. The number of rotatable bonds is 6. The van der Waals surface area contributed by atoms with Crippen LogP contribution in [-0.2, 0) is 5.66 Å². The topological polar surface area (TPSA) is 116 Å². The molecule has 0 aliphatic carbocycles. The minimum Gasteiger partial charge on any atom is -0.329 e. The molecule has 2 aromatic carbocycles. The molecule has 0 fully saturated rings. The number of nitrogens with one attached hydrogen (secondary N) is 1. The van der Waals surface area contributed by atoms with Crippen molar-refractivity contribution in [1.29, 1.82) is 0 Å². The van der Waals surface area contributed by atoms with E-state index < -0.39 is 5.66 Å². The van der Waals surface area contributed by atoms with Gasteiger partial charge in [0.1, 0.15) is 5.66 Å². The van der Waals surface area contributed by atoms with Gasteiger partial charge in [-0.2, -0.15) is 0 Å². The molecule has 5 heteroatoms. The van der Waals surface area contributed by atoms with E-state index in [0.29, 0.717) is 13.1 Å². The lowest BCUT2D eigenvalue weighted by Gasteiger charge is -2.25. The van der Waals surface area contributed by atoms with Crippen molar-refractivity contribution in [2.75, 3.05) is 26.2 Å². The minimum atomic E-state index is -0.914. The van der Waals surface area contributed by atoms with Gasteiger partial charge in [0, 0.05) is 26.2 Å². The third-order valence-electron chi connectivity index (χ3n) is 3.15. The second-order valence-electron chi connectivity index (χ2n) is 4.93. The van der Waals surface area contributed by atoms with Crippen LogP contribution in [0.3, 0.4) is 0 Å². The van der Waals surface area contributed by atoms with Gasteiger partial charge >= 0.3 is 0 Å². The fraction of sp³-hybridized carbons (Fsp3) is 0.294. The summed E-state index contributed by atoms with van der Waals surface area (Å²) in [5.74, 6) is 0. The van der Waals surface area contributed by atoms with Gasteiger partial charge in [-0.1, -0.05) is 60.7 Å². The molecule has 0 radical (unpaired) electrons. The van der Waals surface area contributed by atoms with Crippen molar-refractivity contribution in [2.24, 2.45) is 22.9 Å². The number of hydrogen-bond donors (Lipinski definition) is 5. The molecule has 0 aliphatic rings. The Labute approximate surface area is 132 Å². The van der Waals surface area contributed by atoms with Gasteiger partial charge in [-0.05, 0) is 11.1 Å². The van der Waals surface area contributed by atoms with E-state index in [1.54, 1.807) is 0 Å². The zero-order valence-electron chi connectivity index (χ0n) is 12.9. The van der Waals surface area contributed by atoms with Crippen LogP contribution in [0.25, 0.3) is 0 Å². The molecule has 0 unspecified atom stereocenters. The summed E-state index contributed by atoms with van der Waals surface area (Å²) in [6, 6.07) is 19.4. The lowest BCUT2D eigenvalue weighted by Crippen LogP contribution is -2.46. The monoisotopic (exact) mass is 301 g/mol.